The predicted molar refractivity (Wildman–Crippen MR) is 57.8 cm³/mol. The Hall–Kier alpha value is -3.27. The number of rotatable bonds is 9. The first kappa shape index (κ1) is 19.7. The van der Waals surface area contributed by atoms with E-state index in [1.807, 2.05) is 0 Å². The van der Waals surface area contributed by atoms with Crippen LogP contribution in [-0.4, -0.2) is 48.9 Å². The molecule has 17 heteroatoms. The zero-order valence-electron chi connectivity index (χ0n) is 10.6. The third-order valence-electron chi connectivity index (χ3n) is 2.36. The van der Waals surface area contributed by atoms with Gasteiger partial charge in [-0.15, -0.1) is 0 Å². The van der Waals surface area contributed by atoms with E-state index >= 15 is 0 Å². The molecule has 0 amide bonds. The molecule has 0 spiro atoms. The molecule has 0 aromatic heterocycles. The minimum atomic E-state index is -4.60. The topological polar surface area (TPSA) is 219 Å². The summed E-state index contributed by atoms with van der Waals surface area (Å²) < 4.78 is 30.8. The second-order valence-corrected chi connectivity index (χ2v) is 3.88. The van der Waals surface area contributed by atoms with Crippen molar-refractivity contribution in [3.8, 4) is 0 Å². The van der Waals surface area contributed by atoms with Crippen LogP contribution >= 0.6 is 0 Å². The number of carboxylic acid groups (broad SMARTS) is 1. The monoisotopic (exact) mass is 348 g/mol. The van der Waals surface area contributed by atoms with Crippen molar-refractivity contribution in [3.05, 3.63) is 40.5 Å². The number of carbonyl (C=O) groups is 1. The van der Waals surface area contributed by atoms with E-state index in [9.17, 15) is 54.0 Å². The molecule has 0 rings (SSSR count). The van der Waals surface area contributed by atoms with E-state index in [1.54, 1.807) is 0 Å². The Morgan fingerprint density at radius 3 is 1.35 bits per heavy atom. The molecule has 0 heterocycles. The summed E-state index contributed by atoms with van der Waals surface area (Å²) >= 11 is 0. The molecule has 0 unspecified atom stereocenters. The molecule has 0 aliphatic heterocycles. The molecule has 0 saturated heterocycles. The highest BCUT2D eigenvalue weighted by atomic mass is 19.2. The lowest BCUT2D eigenvalue weighted by molar-refractivity contribution is -0.839. The molecule has 23 heavy (non-hydrogen) atoms. The van der Waals surface area contributed by atoms with Crippen LogP contribution in [-0.2, 0) is 4.74 Å². The van der Waals surface area contributed by atoms with Crippen LogP contribution in [0, 0.1) is 40.5 Å². The Bertz CT molecular complexity index is 485. The SMILES string of the molecule is O=C(O)OC(CC(F)([N+](=O)[O-])[N+](=O)[O-])CC(F)([N+](=O)[O-])[N+](=O)[O-]. The largest absolute Gasteiger partial charge is 0.617 e. The number of nitro groups is 4. The van der Waals surface area contributed by atoms with Gasteiger partial charge in [0.1, 0.15) is 25.8 Å². The van der Waals surface area contributed by atoms with Gasteiger partial charge in [0.2, 0.25) is 0 Å². The van der Waals surface area contributed by atoms with Crippen LogP contribution in [0.15, 0.2) is 0 Å². The van der Waals surface area contributed by atoms with Crippen molar-refractivity contribution in [1.29, 1.82) is 0 Å². The van der Waals surface area contributed by atoms with Crippen molar-refractivity contribution in [2.45, 2.75) is 30.8 Å². The molecule has 0 aromatic rings. The second kappa shape index (κ2) is 6.66. The molecule has 1 N–H and O–H groups in total. The zero-order valence-corrected chi connectivity index (χ0v) is 10.6. The minimum absolute atomic E-state index is 2.13. The summed E-state index contributed by atoms with van der Waals surface area (Å²) in [6, 6.07) is 0. The van der Waals surface area contributed by atoms with Gasteiger partial charge in [-0.05, 0) is 0 Å². The normalized spacial score (nSPS) is 11.8. The molecule has 0 bridgehead atoms. The highest BCUT2D eigenvalue weighted by Crippen LogP contribution is 2.29. The summed E-state index contributed by atoms with van der Waals surface area (Å²) in [7, 11) is 0. The lowest BCUT2D eigenvalue weighted by atomic mass is 10.1. The van der Waals surface area contributed by atoms with Crippen molar-refractivity contribution in [2.75, 3.05) is 0 Å². The Morgan fingerprint density at radius 1 is 0.913 bits per heavy atom. The van der Waals surface area contributed by atoms with Gasteiger partial charge in [0.25, 0.3) is 0 Å². The summed E-state index contributed by atoms with van der Waals surface area (Å²) in [5.74, 6) is -9.21. The third kappa shape index (κ3) is 4.35. The number of ether oxygens (including phenoxy) is 1. The number of halogens is 2. The first-order valence-corrected chi connectivity index (χ1v) is 5.12. The van der Waals surface area contributed by atoms with Gasteiger partial charge in [-0.2, -0.15) is 0 Å². The van der Waals surface area contributed by atoms with Gasteiger partial charge in [0, 0.05) is 0 Å². The predicted octanol–water partition coefficient (Wildman–Crippen LogP) is 0.183. The molecule has 0 aliphatic rings. The lowest BCUT2D eigenvalue weighted by Gasteiger charge is -2.17. The van der Waals surface area contributed by atoms with Crippen molar-refractivity contribution in [1.82, 2.24) is 0 Å². The van der Waals surface area contributed by atoms with Crippen molar-refractivity contribution in [3.63, 3.8) is 0 Å². The molecular formula is C6H6F2N4O11. The smallest absolute Gasteiger partial charge is 0.450 e. The van der Waals surface area contributed by atoms with E-state index in [1.165, 1.54) is 0 Å². The molecule has 15 nitrogen and oxygen atoms in total. The van der Waals surface area contributed by atoms with Gasteiger partial charge in [-0.25, -0.2) is 4.79 Å². The zero-order chi connectivity index (χ0) is 18.6. The lowest BCUT2D eigenvalue weighted by Crippen LogP contribution is -2.50. The van der Waals surface area contributed by atoms with E-state index in [2.05, 4.69) is 4.74 Å². The molecule has 0 fully saturated rings. The highest BCUT2D eigenvalue weighted by Gasteiger charge is 2.65. The van der Waals surface area contributed by atoms with Crippen LogP contribution in [0.1, 0.15) is 12.8 Å². The molecular weight excluding hydrogens is 342 g/mol. The van der Waals surface area contributed by atoms with E-state index in [-0.39, 0.29) is 0 Å². The third-order valence-corrected chi connectivity index (χ3v) is 2.36. The summed E-state index contributed by atoms with van der Waals surface area (Å²) in [6.07, 6.45) is -9.41. The second-order valence-electron chi connectivity index (χ2n) is 3.88. The maximum absolute atomic E-state index is 13.6. The van der Waals surface area contributed by atoms with Gasteiger partial charge < -0.3 is 9.84 Å². The van der Waals surface area contributed by atoms with Crippen molar-refractivity contribution >= 4 is 6.16 Å². The van der Waals surface area contributed by atoms with Crippen molar-refractivity contribution in [2.24, 2.45) is 0 Å². The van der Waals surface area contributed by atoms with Gasteiger partial charge in [-0.3, -0.25) is 40.5 Å². The molecule has 0 radical (unpaired) electrons. The Kier molecular flexibility index (Phi) is 5.71. The van der Waals surface area contributed by atoms with Crippen LogP contribution in [0.3, 0.4) is 0 Å². The molecule has 130 valence electrons. The van der Waals surface area contributed by atoms with Crippen LogP contribution < -0.4 is 0 Å². The summed E-state index contributed by atoms with van der Waals surface area (Å²) in [5.41, 5.74) is 0. The van der Waals surface area contributed by atoms with E-state index < -0.39 is 56.6 Å². The number of nitrogens with zero attached hydrogens (tertiary/aromatic N) is 4. The molecule has 0 aromatic carbocycles. The number of hydrogen-bond donors (Lipinski definition) is 1. The molecule has 0 saturated carbocycles. The fraction of sp³-hybridized carbons (Fsp3) is 0.833. The summed E-state index contributed by atoms with van der Waals surface area (Å²) in [6.45, 7) is 0. The standard InChI is InChI=1S/C6H6F2N4O11/c7-5(9(15)16,10(17)18)1-3(23-4(13)14)2-6(8,11(19)20)12(21)22/h3H,1-2H2,(H,13,14). The fourth-order valence-electron chi connectivity index (χ4n) is 1.31. The maximum atomic E-state index is 13.6. The fourth-order valence-corrected chi connectivity index (χ4v) is 1.31. The average Bonchev–Trinajstić information content (AvgIpc) is 2.36. The van der Waals surface area contributed by atoms with E-state index in [4.69, 9.17) is 5.11 Å². The van der Waals surface area contributed by atoms with E-state index in [0.717, 1.165) is 0 Å². The van der Waals surface area contributed by atoms with Crippen LogP contribution in [0.2, 0.25) is 0 Å². The average molecular weight is 348 g/mol. The van der Waals surface area contributed by atoms with Crippen LogP contribution in [0.25, 0.3) is 0 Å². The van der Waals surface area contributed by atoms with Gasteiger partial charge in [0.05, 0.1) is 0 Å². The van der Waals surface area contributed by atoms with Crippen LogP contribution in [0.5, 0.6) is 0 Å². The van der Waals surface area contributed by atoms with Gasteiger partial charge in [-0.1, -0.05) is 8.78 Å². The van der Waals surface area contributed by atoms with Gasteiger partial charge in [0.15, 0.2) is 12.8 Å². The molecule has 0 aliphatic carbocycles. The summed E-state index contributed by atoms with van der Waals surface area (Å²) in [5, 5.41) is 49.7. The Morgan fingerprint density at radius 2 is 1.17 bits per heavy atom. The van der Waals surface area contributed by atoms with E-state index in [0.29, 0.717) is 0 Å². The Balaban J connectivity index is 5.67. The first-order chi connectivity index (χ1) is 10.3. The Labute approximate surface area is 122 Å². The highest BCUT2D eigenvalue weighted by molar-refractivity contribution is 5.57. The maximum Gasteiger partial charge on any atom is 0.617 e. The summed E-state index contributed by atoms with van der Waals surface area (Å²) in [4.78, 5) is 43.1. The van der Waals surface area contributed by atoms with Crippen molar-refractivity contribution < 1.29 is 43.1 Å². The number of hydrogen-bond acceptors (Lipinski definition) is 10. The molecule has 0 atom stereocenters. The van der Waals surface area contributed by atoms with Gasteiger partial charge >= 0.3 is 18.0 Å². The number of alkyl halides is 2. The first-order valence-electron chi connectivity index (χ1n) is 5.12. The quantitative estimate of drug-likeness (QED) is 0.194. The van der Waals surface area contributed by atoms with Crippen LogP contribution in [0.4, 0.5) is 13.6 Å². The minimum Gasteiger partial charge on any atom is -0.450 e.